The van der Waals surface area contributed by atoms with Gasteiger partial charge in [-0.25, -0.2) is 0 Å². The van der Waals surface area contributed by atoms with Crippen molar-refractivity contribution in [1.29, 1.82) is 0 Å². The topological polar surface area (TPSA) is 95.9 Å². The second-order valence-electron chi connectivity index (χ2n) is 16.1. The Balaban J connectivity index is 3.53. The smallest absolute Gasteiger partial charge is 0.305 e. The average Bonchev–Trinajstić information content (AvgIpc) is 3.16. The number of allylic oxidation sites excluding steroid dienone is 1. The summed E-state index contributed by atoms with van der Waals surface area (Å²) in [6.45, 7) is 4.83. The molecule has 0 rings (SSSR count). The molecule has 3 N–H and O–H groups in total. The van der Waals surface area contributed by atoms with Crippen molar-refractivity contribution in [1.82, 2.24) is 5.32 Å². The molecule has 0 saturated heterocycles. The third kappa shape index (κ3) is 40.1. The van der Waals surface area contributed by atoms with Crippen LogP contribution in [0.1, 0.15) is 251 Å². The van der Waals surface area contributed by atoms with Gasteiger partial charge in [0.2, 0.25) is 5.91 Å². The van der Waals surface area contributed by atoms with Crippen LogP contribution in [0.3, 0.4) is 0 Å². The molecule has 6 heteroatoms. The van der Waals surface area contributed by atoms with Crippen molar-refractivity contribution in [2.45, 2.75) is 264 Å². The van der Waals surface area contributed by atoms with Crippen LogP contribution in [-0.4, -0.2) is 47.4 Å². The lowest BCUT2D eigenvalue weighted by Crippen LogP contribution is -2.45. The van der Waals surface area contributed by atoms with Crippen LogP contribution >= 0.6 is 0 Å². The summed E-state index contributed by atoms with van der Waals surface area (Å²) in [7, 11) is 0. The summed E-state index contributed by atoms with van der Waals surface area (Å²) in [5.41, 5.74) is 0. The fourth-order valence-electron chi connectivity index (χ4n) is 7.16. The lowest BCUT2D eigenvalue weighted by Gasteiger charge is -2.20. The molecular weight excluding hydrogens is 659 g/mol. The van der Waals surface area contributed by atoms with E-state index in [-0.39, 0.29) is 18.5 Å². The molecule has 0 spiro atoms. The van der Waals surface area contributed by atoms with E-state index in [1.165, 1.54) is 167 Å². The molecule has 0 aliphatic heterocycles. The number of hydrogen-bond acceptors (Lipinski definition) is 5. The zero-order valence-electron chi connectivity index (χ0n) is 35.5. The fourth-order valence-corrected chi connectivity index (χ4v) is 7.16. The quantitative estimate of drug-likeness (QED) is 0.0328. The molecule has 314 valence electrons. The lowest BCUT2D eigenvalue weighted by atomic mass is 10.0. The molecule has 1 amide bonds. The van der Waals surface area contributed by atoms with Gasteiger partial charge in [0, 0.05) is 12.8 Å². The Hall–Kier alpha value is -1.40. The van der Waals surface area contributed by atoms with Crippen LogP contribution < -0.4 is 5.32 Å². The van der Waals surface area contributed by atoms with E-state index in [0.717, 1.165) is 57.8 Å². The molecule has 6 nitrogen and oxygen atoms in total. The van der Waals surface area contributed by atoms with Crippen LogP contribution in [0.5, 0.6) is 0 Å². The highest BCUT2D eigenvalue weighted by Gasteiger charge is 2.18. The van der Waals surface area contributed by atoms with Crippen LogP contribution in [0, 0.1) is 0 Å². The molecule has 0 radical (unpaired) electrons. The van der Waals surface area contributed by atoms with E-state index in [2.05, 4.69) is 19.2 Å². The van der Waals surface area contributed by atoms with Crippen LogP contribution in [0.15, 0.2) is 12.2 Å². The molecule has 0 aromatic carbocycles. The van der Waals surface area contributed by atoms with Crippen LogP contribution in [-0.2, 0) is 14.3 Å². The first-order valence-electron chi connectivity index (χ1n) is 23.5. The molecule has 0 bridgehead atoms. The van der Waals surface area contributed by atoms with Crippen LogP contribution in [0.4, 0.5) is 0 Å². The van der Waals surface area contributed by atoms with Crippen LogP contribution in [0.25, 0.3) is 0 Å². The molecule has 0 aromatic heterocycles. The van der Waals surface area contributed by atoms with Crippen molar-refractivity contribution < 1.29 is 24.5 Å². The van der Waals surface area contributed by atoms with E-state index in [9.17, 15) is 19.8 Å². The maximum Gasteiger partial charge on any atom is 0.305 e. The maximum atomic E-state index is 12.4. The normalized spacial score (nSPS) is 12.8. The summed E-state index contributed by atoms with van der Waals surface area (Å²) in [6, 6.07) is -0.645. The van der Waals surface area contributed by atoms with E-state index in [1.807, 2.05) is 6.08 Å². The number of hydrogen-bond donors (Lipinski definition) is 3. The zero-order chi connectivity index (χ0) is 38.7. The largest absolute Gasteiger partial charge is 0.466 e. The molecule has 0 aromatic rings. The predicted octanol–water partition coefficient (Wildman–Crippen LogP) is 13.4. The fraction of sp³-hybridized carbons (Fsp3) is 0.915. The van der Waals surface area contributed by atoms with Gasteiger partial charge in [0.05, 0.1) is 25.4 Å². The van der Waals surface area contributed by atoms with Gasteiger partial charge in [0.15, 0.2) is 0 Å². The van der Waals surface area contributed by atoms with Crippen molar-refractivity contribution in [3.8, 4) is 0 Å². The van der Waals surface area contributed by atoms with Gasteiger partial charge < -0.3 is 20.3 Å². The van der Waals surface area contributed by atoms with Gasteiger partial charge in [0.25, 0.3) is 0 Å². The Morgan fingerprint density at radius 2 is 0.868 bits per heavy atom. The first-order chi connectivity index (χ1) is 26.0. The van der Waals surface area contributed by atoms with E-state index in [1.54, 1.807) is 6.08 Å². The Morgan fingerprint density at radius 3 is 1.28 bits per heavy atom. The number of rotatable bonds is 43. The number of esters is 1. The molecule has 0 heterocycles. The third-order valence-electron chi connectivity index (χ3n) is 10.8. The number of carbonyl (C=O) groups is 2. The molecule has 0 fully saturated rings. The summed E-state index contributed by atoms with van der Waals surface area (Å²) in [6.07, 6.45) is 47.6. The Morgan fingerprint density at radius 1 is 0.509 bits per heavy atom. The number of aliphatic hydroxyl groups is 2. The number of ether oxygens (including phenoxy) is 1. The molecular formula is C47H91NO5. The van der Waals surface area contributed by atoms with Gasteiger partial charge in [-0.3, -0.25) is 9.59 Å². The van der Waals surface area contributed by atoms with Crippen molar-refractivity contribution in [3.63, 3.8) is 0 Å². The third-order valence-corrected chi connectivity index (χ3v) is 10.8. The summed E-state index contributed by atoms with van der Waals surface area (Å²) in [5.74, 6) is -0.121. The standard InChI is InChI=1S/C47H91NO5/c1-3-5-7-9-11-13-15-17-19-20-23-27-31-35-39-45(50)44(43-49)48-46(51)40-36-32-28-24-22-26-30-34-38-42-53-47(52)41-37-33-29-25-21-18-16-14-12-10-8-6-4-2/h35,39,44-45,49-50H,3-34,36-38,40-43H2,1-2H3,(H,48,51)/b39-35+. The number of unbranched alkanes of at least 4 members (excludes halogenated alkanes) is 32. The minimum absolute atomic E-state index is 0.0260. The van der Waals surface area contributed by atoms with Crippen molar-refractivity contribution >= 4 is 11.9 Å². The summed E-state index contributed by atoms with van der Waals surface area (Å²) in [5, 5.41) is 23.0. The van der Waals surface area contributed by atoms with E-state index >= 15 is 0 Å². The van der Waals surface area contributed by atoms with Gasteiger partial charge in [-0.05, 0) is 32.1 Å². The van der Waals surface area contributed by atoms with Crippen molar-refractivity contribution in [2.75, 3.05) is 13.2 Å². The van der Waals surface area contributed by atoms with E-state index in [0.29, 0.717) is 19.4 Å². The van der Waals surface area contributed by atoms with Gasteiger partial charge in [-0.2, -0.15) is 0 Å². The second-order valence-corrected chi connectivity index (χ2v) is 16.1. The van der Waals surface area contributed by atoms with Gasteiger partial charge in [-0.15, -0.1) is 0 Å². The summed E-state index contributed by atoms with van der Waals surface area (Å²) >= 11 is 0. The number of amides is 1. The molecule has 0 aliphatic rings. The maximum absolute atomic E-state index is 12.4. The molecule has 2 atom stereocenters. The van der Waals surface area contributed by atoms with Crippen molar-refractivity contribution in [3.05, 3.63) is 12.2 Å². The van der Waals surface area contributed by atoms with Crippen LogP contribution in [0.2, 0.25) is 0 Å². The first-order valence-corrected chi connectivity index (χ1v) is 23.5. The molecule has 2 unspecified atom stereocenters. The highest BCUT2D eigenvalue weighted by Crippen LogP contribution is 2.15. The monoisotopic (exact) mass is 750 g/mol. The minimum Gasteiger partial charge on any atom is -0.466 e. The Kier molecular flexibility index (Phi) is 42.2. The zero-order valence-corrected chi connectivity index (χ0v) is 35.5. The second kappa shape index (κ2) is 43.3. The average molecular weight is 750 g/mol. The van der Waals surface area contributed by atoms with E-state index in [4.69, 9.17) is 4.74 Å². The summed E-state index contributed by atoms with van der Waals surface area (Å²) in [4.78, 5) is 24.4. The number of aliphatic hydroxyl groups excluding tert-OH is 2. The molecule has 0 saturated carbocycles. The highest BCUT2D eigenvalue weighted by molar-refractivity contribution is 5.76. The number of carbonyl (C=O) groups excluding carboxylic acids is 2. The van der Waals surface area contributed by atoms with E-state index < -0.39 is 12.1 Å². The predicted molar refractivity (Wildman–Crippen MR) is 227 cm³/mol. The first kappa shape index (κ1) is 51.6. The molecule has 53 heavy (non-hydrogen) atoms. The van der Waals surface area contributed by atoms with Gasteiger partial charge >= 0.3 is 5.97 Å². The minimum atomic E-state index is -0.859. The van der Waals surface area contributed by atoms with Crippen molar-refractivity contribution in [2.24, 2.45) is 0 Å². The Labute approximate surface area is 329 Å². The Bertz CT molecular complexity index is 787. The SMILES string of the molecule is CCCCCCCCCCCCCC/C=C/C(O)C(CO)NC(=O)CCCCCCCCCCCOC(=O)CCCCCCCCCCCCCCC. The highest BCUT2D eigenvalue weighted by atomic mass is 16.5. The van der Waals surface area contributed by atoms with Gasteiger partial charge in [0.1, 0.15) is 0 Å². The van der Waals surface area contributed by atoms with Gasteiger partial charge in [-0.1, -0.05) is 219 Å². The summed E-state index contributed by atoms with van der Waals surface area (Å²) < 4.78 is 5.44. The molecule has 0 aliphatic carbocycles. The number of nitrogens with one attached hydrogen (secondary N) is 1. The lowest BCUT2D eigenvalue weighted by molar-refractivity contribution is -0.143.